The Balaban J connectivity index is 1.12. The van der Waals surface area contributed by atoms with Crippen molar-refractivity contribution in [3.63, 3.8) is 0 Å². The van der Waals surface area contributed by atoms with Gasteiger partial charge in [-0.1, -0.05) is 6.07 Å². The number of nitriles is 1. The Morgan fingerprint density at radius 1 is 1.10 bits per heavy atom. The number of nitrogens with one attached hydrogen (secondary N) is 1. The van der Waals surface area contributed by atoms with Crippen LogP contribution in [0.4, 0.5) is 19.0 Å². The predicted molar refractivity (Wildman–Crippen MR) is 151 cm³/mol. The molecule has 0 amide bonds. The molecule has 8 nitrogen and oxygen atoms in total. The van der Waals surface area contributed by atoms with E-state index < -0.39 is 12.6 Å². The molecule has 212 valence electrons. The van der Waals surface area contributed by atoms with Gasteiger partial charge >= 0.3 is 6.18 Å². The molecule has 5 heterocycles. The summed E-state index contributed by atoms with van der Waals surface area (Å²) in [6.07, 6.45) is -0.335. The average molecular weight is 580 g/mol. The Kier molecular flexibility index (Phi) is 7.17. The van der Waals surface area contributed by atoms with E-state index in [1.807, 2.05) is 10.6 Å². The summed E-state index contributed by atoms with van der Waals surface area (Å²) in [5, 5.41) is 14.9. The fourth-order valence-electron chi connectivity index (χ4n) is 5.56. The maximum absolute atomic E-state index is 12.9. The molecule has 41 heavy (non-hydrogen) atoms. The second-order valence-electron chi connectivity index (χ2n) is 10.5. The molecule has 1 N–H and O–H groups in total. The molecule has 0 spiro atoms. The lowest BCUT2D eigenvalue weighted by Crippen LogP contribution is -2.39. The summed E-state index contributed by atoms with van der Waals surface area (Å²) in [5.74, 6) is 1.90. The molecule has 1 aromatic carbocycles. The number of alkyl halides is 3. The highest BCUT2D eigenvalue weighted by Gasteiger charge is 2.29. The number of thiophene rings is 1. The quantitative estimate of drug-likeness (QED) is 0.240. The van der Waals surface area contributed by atoms with Gasteiger partial charge in [0.05, 0.1) is 24.5 Å². The Morgan fingerprint density at radius 3 is 2.61 bits per heavy atom. The van der Waals surface area contributed by atoms with Crippen molar-refractivity contribution >= 4 is 38.3 Å². The first-order chi connectivity index (χ1) is 19.7. The molecule has 1 aliphatic rings. The van der Waals surface area contributed by atoms with Crippen LogP contribution in [0.1, 0.15) is 46.2 Å². The summed E-state index contributed by atoms with van der Waals surface area (Å²) < 4.78 is 46.3. The molecule has 1 fully saturated rings. The van der Waals surface area contributed by atoms with Gasteiger partial charge in [0.2, 0.25) is 0 Å². The number of halogens is 3. The molecule has 4 aromatic heterocycles. The van der Waals surface area contributed by atoms with Crippen molar-refractivity contribution in [2.75, 3.05) is 18.4 Å². The van der Waals surface area contributed by atoms with Crippen LogP contribution in [0.25, 0.3) is 21.1 Å². The van der Waals surface area contributed by atoms with Gasteiger partial charge in [0.25, 0.3) is 0 Å². The second-order valence-corrected chi connectivity index (χ2v) is 11.6. The lowest BCUT2D eigenvalue weighted by molar-refractivity contribution is -0.126. The fourth-order valence-corrected chi connectivity index (χ4v) is 6.59. The third kappa shape index (κ3) is 5.78. The van der Waals surface area contributed by atoms with E-state index in [-0.39, 0.29) is 10.9 Å². The van der Waals surface area contributed by atoms with Crippen molar-refractivity contribution in [1.29, 1.82) is 5.26 Å². The first kappa shape index (κ1) is 27.2. The van der Waals surface area contributed by atoms with Gasteiger partial charge in [0, 0.05) is 48.4 Å². The zero-order valence-electron chi connectivity index (χ0n) is 22.6. The number of aromatic nitrogens is 4. The number of nitrogens with zero attached hydrogens (tertiary/aromatic N) is 6. The normalized spacial score (nSPS) is 15.1. The molecule has 6 rings (SSSR count). The van der Waals surface area contributed by atoms with Crippen molar-refractivity contribution in [1.82, 2.24) is 24.4 Å². The Hall–Kier alpha value is -3.95. The van der Waals surface area contributed by atoms with Crippen LogP contribution in [0.5, 0.6) is 0 Å². The predicted octanol–water partition coefficient (Wildman–Crippen LogP) is 6.35. The molecule has 0 unspecified atom stereocenters. The number of fused-ring (bicyclic) bond motifs is 2. The second kappa shape index (κ2) is 10.8. The highest BCUT2D eigenvalue weighted by Crippen LogP contribution is 2.33. The number of anilines is 1. The van der Waals surface area contributed by atoms with Crippen LogP contribution in [-0.2, 0) is 19.5 Å². The van der Waals surface area contributed by atoms with Crippen LogP contribution in [0.15, 0.2) is 41.2 Å². The van der Waals surface area contributed by atoms with Gasteiger partial charge in [-0.25, -0.2) is 15.0 Å². The van der Waals surface area contributed by atoms with E-state index in [1.54, 1.807) is 19.2 Å². The van der Waals surface area contributed by atoms with E-state index in [0.29, 0.717) is 39.9 Å². The maximum atomic E-state index is 12.9. The number of aryl methyl sites for hydroxylation is 2. The zero-order chi connectivity index (χ0) is 28.7. The molecule has 0 bridgehead atoms. The molecule has 1 aliphatic heterocycles. The van der Waals surface area contributed by atoms with E-state index in [1.165, 1.54) is 11.9 Å². The number of hydrogen-bond acceptors (Lipinski definition) is 8. The Morgan fingerprint density at radius 2 is 1.90 bits per heavy atom. The fraction of sp³-hybridized carbons (Fsp3) is 0.379. The van der Waals surface area contributed by atoms with Crippen LogP contribution in [0.3, 0.4) is 0 Å². The van der Waals surface area contributed by atoms with Crippen LogP contribution in [-0.4, -0.2) is 49.7 Å². The number of benzene rings is 1. The summed E-state index contributed by atoms with van der Waals surface area (Å²) in [6.45, 7) is 6.90. The van der Waals surface area contributed by atoms with Gasteiger partial charge < -0.3 is 14.3 Å². The number of hydrogen-bond donors (Lipinski definition) is 1. The summed E-state index contributed by atoms with van der Waals surface area (Å²) in [5.41, 5.74) is 3.94. The van der Waals surface area contributed by atoms with Crippen LogP contribution in [0, 0.1) is 25.2 Å². The molecule has 0 radical (unpaired) electrons. The van der Waals surface area contributed by atoms with Crippen LogP contribution >= 0.6 is 11.3 Å². The summed E-state index contributed by atoms with van der Waals surface area (Å²) in [4.78, 5) is 15.9. The molecule has 1 saturated heterocycles. The van der Waals surface area contributed by atoms with E-state index in [0.717, 1.165) is 60.3 Å². The standard InChI is InChI=1S/C29H28F3N7OS/c1-17-19(3-4-26-24(17)9-21(12-33)39(26)15-22-13-34-18(2)40-22)14-38-7-5-20(6-8-38)37-27-25-10-23(11-29(30,31)32)41-28(25)36-16-35-27/h3-4,9-10,13,16,20H,5-8,11,14-15H2,1-2H3,(H,35,36,37). The lowest BCUT2D eigenvalue weighted by atomic mass is 10.0. The number of oxazole rings is 1. The monoisotopic (exact) mass is 579 g/mol. The molecular weight excluding hydrogens is 551 g/mol. The molecule has 0 saturated carbocycles. The Labute approximate surface area is 238 Å². The molecular formula is C29H28F3N7OS. The topological polar surface area (TPSA) is 95.8 Å². The minimum atomic E-state index is -4.25. The summed E-state index contributed by atoms with van der Waals surface area (Å²) >= 11 is 1.06. The highest BCUT2D eigenvalue weighted by atomic mass is 32.1. The summed E-state index contributed by atoms with van der Waals surface area (Å²) in [7, 11) is 0. The number of rotatable bonds is 7. The molecule has 5 aromatic rings. The van der Waals surface area contributed by atoms with E-state index in [4.69, 9.17) is 4.42 Å². The highest BCUT2D eigenvalue weighted by molar-refractivity contribution is 7.18. The van der Waals surface area contributed by atoms with Crippen molar-refractivity contribution in [2.45, 2.75) is 58.4 Å². The van der Waals surface area contributed by atoms with Crippen LogP contribution in [0.2, 0.25) is 0 Å². The minimum Gasteiger partial charge on any atom is -0.444 e. The first-order valence-corrected chi connectivity index (χ1v) is 14.2. The summed E-state index contributed by atoms with van der Waals surface area (Å²) in [6, 6.07) is 10.2. The van der Waals surface area contributed by atoms with Gasteiger partial charge in [-0.3, -0.25) is 4.90 Å². The van der Waals surface area contributed by atoms with Crippen molar-refractivity contribution in [3.8, 4) is 6.07 Å². The average Bonchev–Trinajstić information content (AvgIpc) is 3.63. The Bertz CT molecular complexity index is 1760. The smallest absolute Gasteiger partial charge is 0.393 e. The SMILES string of the molecule is Cc1ncc(Cn2c(C#N)cc3c(C)c(CN4CCC(Nc5ncnc6sc(CC(F)(F)F)cc56)CC4)ccc32)o1. The third-order valence-electron chi connectivity index (χ3n) is 7.64. The minimum absolute atomic E-state index is 0.172. The van der Waals surface area contributed by atoms with Gasteiger partial charge in [-0.05, 0) is 49.1 Å². The van der Waals surface area contributed by atoms with E-state index in [9.17, 15) is 18.4 Å². The first-order valence-electron chi connectivity index (χ1n) is 13.4. The molecule has 12 heteroatoms. The van der Waals surface area contributed by atoms with Gasteiger partial charge in [0.15, 0.2) is 5.89 Å². The van der Waals surface area contributed by atoms with E-state index >= 15 is 0 Å². The largest absolute Gasteiger partial charge is 0.444 e. The van der Waals surface area contributed by atoms with Gasteiger partial charge in [-0.15, -0.1) is 11.3 Å². The van der Waals surface area contributed by atoms with Gasteiger partial charge in [0.1, 0.15) is 34.5 Å². The zero-order valence-corrected chi connectivity index (χ0v) is 23.4. The number of piperidine rings is 1. The molecule has 0 atom stereocenters. The third-order valence-corrected chi connectivity index (χ3v) is 8.68. The number of likely N-dealkylation sites (tertiary alicyclic amines) is 1. The van der Waals surface area contributed by atoms with E-state index in [2.05, 4.69) is 50.3 Å². The lowest BCUT2D eigenvalue weighted by Gasteiger charge is -2.33. The van der Waals surface area contributed by atoms with Gasteiger partial charge in [-0.2, -0.15) is 18.4 Å². The molecule has 0 aliphatic carbocycles. The maximum Gasteiger partial charge on any atom is 0.393 e. The van der Waals surface area contributed by atoms with Crippen molar-refractivity contribution in [3.05, 3.63) is 70.1 Å². The van der Waals surface area contributed by atoms with Crippen LogP contribution < -0.4 is 5.32 Å². The van der Waals surface area contributed by atoms with Crippen molar-refractivity contribution in [2.24, 2.45) is 0 Å². The van der Waals surface area contributed by atoms with Crippen molar-refractivity contribution < 1.29 is 17.6 Å².